The van der Waals surface area contributed by atoms with Crippen LogP contribution in [0.1, 0.15) is 25.7 Å². The number of piperidine rings is 1. The molecule has 0 saturated carbocycles. The number of hydrogen-bond donors (Lipinski definition) is 1. The zero-order chi connectivity index (χ0) is 19.2. The maximum absolute atomic E-state index is 12.5. The zero-order valence-corrected chi connectivity index (χ0v) is 16.3. The van der Waals surface area contributed by atoms with Crippen molar-refractivity contribution in [2.45, 2.75) is 32.2 Å². The van der Waals surface area contributed by atoms with Gasteiger partial charge in [0.2, 0.25) is 5.91 Å². The average Bonchev–Trinajstić information content (AvgIpc) is 3.11. The van der Waals surface area contributed by atoms with Crippen molar-refractivity contribution in [2.75, 3.05) is 26.2 Å². The van der Waals surface area contributed by atoms with Gasteiger partial charge in [0.25, 0.3) is 0 Å². The number of nitrogens with zero attached hydrogens (tertiary/aromatic N) is 3. The van der Waals surface area contributed by atoms with Crippen molar-refractivity contribution in [3.8, 4) is 11.3 Å². The minimum atomic E-state index is 0.0199. The largest absolute Gasteiger partial charge is 0.354 e. The molecule has 1 fully saturated rings. The molecule has 1 saturated heterocycles. The van der Waals surface area contributed by atoms with Crippen LogP contribution < -0.4 is 5.32 Å². The van der Waals surface area contributed by atoms with E-state index in [1.807, 2.05) is 41.1 Å². The molecule has 0 spiro atoms. The Labute approximate surface area is 166 Å². The second-order valence-electron chi connectivity index (χ2n) is 7.50. The summed E-state index contributed by atoms with van der Waals surface area (Å²) in [6.45, 7) is 4.45. The fourth-order valence-electron chi connectivity index (χ4n) is 3.96. The van der Waals surface area contributed by atoms with Crippen LogP contribution in [-0.2, 0) is 11.3 Å². The van der Waals surface area contributed by atoms with Gasteiger partial charge in [0.05, 0.1) is 5.52 Å². The summed E-state index contributed by atoms with van der Waals surface area (Å²) in [4.78, 5) is 15.0. The van der Waals surface area contributed by atoms with Gasteiger partial charge in [-0.05, 0) is 45.0 Å². The molecule has 2 heterocycles. The van der Waals surface area contributed by atoms with E-state index in [4.69, 9.17) is 5.10 Å². The summed E-state index contributed by atoms with van der Waals surface area (Å²) < 4.78 is 1.82. The number of para-hydroxylation sites is 1. The molecular formula is C23H28N4O. The molecule has 0 aliphatic carbocycles. The lowest BCUT2D eigenvalue weighted by atomic mass is 10.1. The predicted octanol–water partition coefficient (Wildman–Crippen LogP) is 3.70. The van der Waals surface area contributed by atoms with Gasteiger partial charge in [0.1, 0.15) is 12.2 Å². The maximum Gasteiger partial charge on any atom is 0.241 e. The van der Waals surface area contributed by atoms with Crippen molar-refractivity contribution in [3.63, 3.8) is 0 Å². The molecule has 1 aliphatic heterocycles. The van der Waals surface area contributed by atoms with Gasteiger partial charge >= 0.3 is 0 Å². The molecule has 0 radical (unpaired) electrons. The SMILES string of the molecule is O=C(Cn1nc(-c2ccccc2)c2ccccc21)NCCCN1CCCCC1. The lowest BCUT2D eigenvalue weighted by Crippen LogP contribution is -2.34. The lowest BCUT2D eigenvalue weighted by molar-refractivity contribution is -0.121. The average molecular weight is 377 g/mol. The maximum atomic E-state index is 12.5. The number of carbonyl (C=O) groups is 1. The Morgan fingerprint density at radius 2 is 1.71 bits per heavy atom. The van der Waals surface area contributed by atoms with Crippen LogP contribution in [0.3, 0.4) is 0 Å². The third-order valence-corrected chi connectivity index (χ3v) is 5.42. The zero-order valence-electron chi connectivity index (χ0n) is 16.3. The van der Waals surface area contributed by atoms with Crippen LogP contribution in [0.4, 0.5) is 0 Å². The number of likely N-dealkylation sites (tertiary alicyclic amines) is 1. The van der Waals surface area contributed by atoms with Crippen molar-refractivity contribution >= 4 is 16.8 Å². The number of benzene rings is 2. The number of amides is 1. The first-order chi connectivity index (χ1) is 13.8. The summed E-state index contributed by atoms with van der Waals surface area (Å²) in [6, 6.07) is 18.2. The molecule has 1 aromatic heterocycles. The molecule has 4 rings (SSSR count). The normalized spacial score (nSPS) is 15.0. The van der Waals surface area contributed by atoms with E-state index in [0.29, 0.717) is 0 Å². The molecular weight excluding hydrogens is 348 g/mol. The summed E-state index contributed by atoms with van der Waals surface area (Å²) in [7, 11) is 0. The van der Waals surface area contributed by atoms with Crippen LogP contribution in [0.15, 0.2) is 54.6 Å². The molecule has 28 heavy (non-hydrogen) atoms. The lowest BCUT2D eigenvalue weighted by Gasteiger charge is -2.26. The van der Waals surface area contributed by atoms with Crippen LogP contribution in [0, 0.1) is 0 Å². The first kappa shape index (κ1) is 18.7. The summed E-state index contributed by atoms with van der Waals surface area (Å²) in [5.41, 5.74) is 2.98. The molecule has 3 aromatic rings. The van der Waals surface area contributed by atoms with Gasteiger partial charge in [-0.25, -0.2) is 0 Å². The molecule has 0 unspecified atom stereocenters. The monoisotopic (exact) mass is 376 g/mol. The Hall–Kier alpha value is -2.66. The van der Waals surface area contributed by atoms with Crippen LogP contribution in [0.5, 0.6) is 0 Å². The highest BCUT2D eigenvalue weighted by molar-refractivity contribution is 5.94. The Morgan fingerprint density at radius 3 is 2.54 bits per heavy atom. The first-order valence-electron chi connectivity index (χ1n) is 10.3. The standard InChI is InChI=1S/C23H28N4O/c28-22(24-14-9-17-26-15-7-2-8-16-26)18-27-21-13-6-5-12-20(21)23(25-27)19-10-3-1-4-11-19/h1,3-6,10-13H,2,7-9,14-18H2,(H,24,28). The summed E-state index contributed by atoms with van der Waals surface area (Å²) in [6.07, 6.45) is 4.97. The summed E-state index contributed by atoms with van der Waals surface area (Å²) in [5, 5.41) is 8.88. The van der Waals surface area contributed by atoms with Gasteiger partial charge in [-0.15, -0.1) is 0 Å². The third-order valence-electron chi connectivity index (χ3n) is 5.42. The van der Waals surface area contributed by atoms with Gasteiger partial charge in [-0.2, -0.15) is 5.10 Å². The topological polar surface area (TPSA) is 50.2 Å². The molecule has 5 heteroatoms. The highest BCUT2D eigenvalue weighted by atomic mass is 16.2. The van der Waals surface area contributed by atoms with E-state index in [-0.39, 0.29) is 12.5 Å². The second kappa shape index (κ2) is 9.02. The van der Waals surface area contributed by atoms with Gasteiger partial charge in [0, 0.05) is 17.5 Å². The molecule has 1 aliphatic rings. The molecule has 1 amide bonds. The Kier molecular flexibility index (Phi) is 6.02. The molecule has 0 bridgehead atoms. The van der Waals surface area contributed by atoms with E-state index >= 15 is 0 Å². The van der Waals surface area contributed by atoms with Crippen molar-refractivity contribution < 1.29 is 4.79 Å². The Bertz CT molecular complexity index is 913. The molecule has 2 aromatic carbocycles. The van der Waals surface area contributed by atoms with Crippen LogP contribution in [0.2, 0.25) is 0 Å². The number of nitrogens with one attached hydrogen (secondary N) is 1. The van der Waals surface area contributed by atoms with Crippen LogP contribution in [-0.4, -0.2) is 46.8 Å². The minimum absolute atomic E-state index is 0.0199. The smallest absolute Gasteiger partial charge is 0.241 e. The predicted molar refractivity (Wildman–Crippen MR) is 113 cm³/mol. The van der Waals surface area contributed by atoms with E-state index in [1.54, 1.807) is 0 Å². The van der Waals surface area contributed by atoms with Crippen LogP contribution in [0.25, 0.3) is 22.2 Å². The van der Waals surface area contributed by atoms with E-state index in [0.717, 1.165) is 41.7 Å². The molecule has 146 valence electrons. The van der Waals surface area contributed by atoms with Gasteiger partial charge in [0.15, 0.2) is 0 Å². The fourth-order valence-corrected chi connectivity index (χ4v) is 3.96. The minimum Gasteiger partial charge on any atom is -0.354 e. The highest BCUT2D eigenvalue weighted by Crippen LogP contribution is 2.27. The highest BCUT2D eigenvalue weighted by Gasteiger charge is 2.14. The number of aromatic nitrogens is 2. The number of rotatable bonds is 7. The quantitative estimate of drug-likeness (QED) is 0.640. The van der Waals surface area contributed by atoms with Crippen molar-refractivity contribution in [1.29, 1.82) is 0 Å². The number of fused-ring (bicyclic) bond motifs is 1. The molecule has 1 N–H and O–H groups in total. The van der Waals surface area contributed by atoms with Crippen molar-refractivity contribution in [3.05, 3.63) is 54.6 Å². The van der Waals surface area contributed by atoms with Crippen molar-refractivity contribution in [2.24, 2.45) is 0 Å². The van der Waals surface area contributed by atoms with Gasteiger partial charge in [-0.3, -0.25) is 9.48 Å². The van der Waals surface area contributed by atoms with Crippen LogP contribution >= 0.6 is 0 Å². The second-order valence-corrected chi connectivity index (χ2v) is 7.50. The van der Waals surface area contributed by atoms with E-state index in [2.05, 4.69) is 28.4 Å². The Morgan fingerprint density at radius 1 is 0.964 bits per heavy atom. The molecule has 0 atom stereocenters. The van der Waals surface area contributed by atoms with Gasteiger partial charge < -0.3 is 10.2 Å². The van der Waals surface area contributed by atoms with E-state index in [9.17, 15) is 4.79 Å². The molecule has 5 nitrogen and oxygen atoms in total. The summed E-state index contributed by atoms with van der Waals surface area (Å²) in [5.74, 6) is 0.0199. The van der Waals surface area contributed by atoms with E-state index < -0.39 is 0 Å². The third kappa shape index (κ3) is 4.42. The number of carbonyl (C=O) groups excluding carboxylic acids is 1. The van der Waals surface area contributed by atoms with Crippen molar-refractivity contribution in [1.82, 2.24) is 20.0 Å². The fraction of sp³-hybridized carbons (Fsp3) is 0.391. The summed E-state index contributed by atoms with van der Waals surface area (Å²) >= 11 is 0. The Balaban J connectivity index is 1.38. The van der Waals surface area contributed by atoms with E-state index in [1.165, 1.54) is 32.4 Å². The first-order valence-corrected chi connectivity index (χ1v) is 10.3. The van der Waals surface area contributed by atoms with Gasteiger partial charge in [-0.1, -0.05) is 55.0 Å². The number of hydrogen-bond acceptors (Lipinski definition) is 3.